The molecule has 8 heteroatoms. The van der Waals surface area contributed by atoms with Gasteiger partial charge in [0.05, 0.1) is 5.02 Å². The van der Waals surface area contributed by atoms with Gasteiger partial charge in [0.1, 0.15) is 5.82 Å². The molecule has 96 valence electrons. The van der Waals surface area contributed by atoms with Crippen molar-refractivity contribution in [2.45, 2.75) is 0 Å². The first-order valence-electron chi connectivity index (χ1n) is 5.05. The maximum atomic E-state index is 11.9. The normalized spacial score (nSPS) is 9.74. The third kappa shape index (κ3) is 3.23. The van der Waals surface area contributed by atoms with E-state index in [1.165, 1.54) is 24.7 Å². The van der Waals surface area contributed by atoms with Gasteiger partial charge in [0.25, 0.3) is 18.3 Å². The zero-order chi connectivity index (χ0) is 13.7. The van der Waals surface area contributed by atoms with Crippen LogP contribution in [-0.4, -0.2) is 27.3 Å². The number of halogens is 1. The van der Waals surface area contributed by atoms with Gasteiger partial charge in [-0.1, -0.05) is 11.6 Å². The number of hydrogen-bond acceptors (Lipinski definition) is 6. The van der Waals surface area contributed by atoms with Crippen LogP contribution < -0.4 is 10.1 Å². The molecule has 1 amide bonds. The van der Waals surface area contributed by atoms with Crippen LogP contribution in [0, 0.1) is 0 Å². The molecule has 0 aliphatic heterocycles. The van der Waals surface area contributed by atoms with E-state index in [9.17, 15) is 9.59 Å². The van der Waals surface area contributed by atoms with Crippen LogP contribution in [0.3, 0.4) is 0 Å². The van der Waals surface area contributed by atoms with Gasteiger partial charge >= 0.3 is 0 Å². The number of aromatic nitrogens is 3. The van der Waals surface area contributed by atoms with Gasteiger partial charge in [-0.3, -0.25) is 9.59 Å². The van der Waals surface area contributed by atoms with Gasteiger partial charge in [0.2, 0.25) is 0 Å². The van der Waals surface area contributed by atoms with E-state index in [-0.39, 0.29) is 23.9 Å². The van der Waals surface area contributed by atoms with Gasteiger partial charge in [0.15, 0.2) is 5.69 Å². The van der Waals surface area contributed by atoms with Gasteiger partial charge in [-0.15, -0.1) is 0 Å². The molecule has 0 unspecified atom stereocenters. The Morgan fingerprint density at radius 2 is 2.05 bits per heavy atom. The summed E-state index contributed by atoms with van der Waals surface area (Å²) in [6, 6.07) is 3.10. The van der Waals surface area contributed by atoms with E-state index in [1.54, 1.807) is 6.07 Å². The summed E-state index contributed by atoms with van der Waals surface area (Å²) in [6.07, 6.45) is 3.99. The second kappa shape index (κ2) is 5.87. The van der Waals surface area contributed by atoms with Gasteiger partial charge in [-0.2, -0.15) is 0 Å². The molecule has 0 bridgehead atoms. The molecule has 0 spiro atoms. The predicted octanol–water partition coefficient (Wildman–Crippen LogP) is 1.31. The number of hydrogen-bond donors (Lipinski definition) is 1. The SMILES string of the molecule is O=COc1nccnc1C(=O)Nc1ccc(Cl)cn1. The van der Waals surface area contributed by atoms with E-state index in [1.807, 2.05) is 0 Å². The summed E-state index contributed by atoms with van der Waals surface area (Å²) in [5.74, 6) is -0.485. The van der Waals surface area contributed by atoms with Crippen LogP contribution in [0.5, 0.6) is 5.88 Å². The summed E-state index contributed by atoms with van der Waals surface area (Å²) in [5, 5.41) is 2.92. The molecule has 2 aromatic rings. The molecule has 7 nitrogen and oxygen atoms in total. The zero-order valence-electron chi connectivity index (χ0n) is 9.41. The van der Waals surface area contributed by atoms with Gasteiger partial charge in [0, 0.05) is 18.6 Å². The van der Waals surface area contributed by atoms with E-state index in [4.69, 9.17) is 11.6 Å². The van der Waals surface area contributed by atoms with Crippen LogP contribution in [0.25, 0.3) is 0 Å². The highest BCUT2D eigenvalue weighted by atomic mass is 35.5. The highest BCUT2D eigenvalue weighted by Gasteiger charge is 2.16. The second-order valence-electron chi connectivity index (χ2n) is 3.24. The molecule has 19 heavy (non-hydrogen) atoms. The molecule has 1 N–H and O–H groups in total. The molecule has 2 rings (SSSR count). The van der Waals surface area contributed by atoms with Crippen LogP contribution in [-0.2, 0) is 4.79 Å². The lowest BCUT2D eigenvalue weighted by Crippen LogP contribution is -2.16. The number of nitrogens with zero attached hydrogens (tertiary/aromatic N) is 3. The first-order valence-corrected chi connectivity index (χ1v) is 5.42. The quantitative estimate of drug-likeness (QED) is 0.848. The highest BCUT2D eigenvalue weighted by molar-refractivity contribution is 6.30. The molecule has 0 saturated carbocycles. The molecule has 2 heterocycles. The Hall–Kier alpha value is -2.54. The molecule has 0 atom stereocenters. The summed E-state index contributed by atoms with van der Waals surface area (Å²) >= 11 is 5.68. The molecule has 0 aromatic carbocycles. The molecular weight excluding hydrogens is 272 g/mol. The average molecular weight is 279 g/mol. The van der Waals surface area contributed by atoms with Crippen molar-refractivity contribution in [2.24, 2.45) is 0 Å². The predicted molar refractivity (Wildman–Crippen MR) is 65.9 cm³/mol. The Bertz CT molecular complexity index is 603. The number of amides is 1. The maximum absolute atomic E-state index is 11.9. The molecule has 0 aliphatic rings. The second-order valence-corrected chi connectivity index (χ2v) is 3.68. The molecule has 0 radical (unpaired) electrons. The van der Waals surface area contributed by atoms with Crippen molar-refractivity contribution >= 4 is 29.8 Å². The Morgan fingerprint density at radius 3 is 2.74 bits per heavy atom. The molecule has 0 saturated heterocycles. The molecule has 0 aliphatic carbocycles. The monoisotopic (exact) mass is 278 g/mol. The fourth-order valence-corrected chi connectivity index (χ4v) is 1.35. The van der Waals surface area contributed by atoms with Crippen LogP contribution in [0.4, 0.5) is 5.82 Å². The van der Waals surface area contributed by atoms with Gasteiger partial charge in [-0.05, 0) is 12.1 Å². The minimum Gasteiger partial charge on any atom is -0.407 e. The van der Waals surface area contributed by atoms with Crippen molar-refractivity contribution in [2.75, 3.05) is 5.32 Å². The van der Waals surface area contributed by atoms with Crippen molar-refractivity contribution in [3.63, 3.8) is 0 Å². The zero-order valence-corrected chi connectivity index (χ0v) is 10.2. The van der Waals surface area contributed by atoms with Crippen molar-refractivity contribution in [1.82, 2.24) is 15.0 Å². The molecule has 2 aromatic heterocycles. The number of nitrogens with one attached hydrogen (secondary N) is 1. The lowest BCUT2D eigenvalue weighted by molar-refractivity contribution is -0.121. The maximum Gasteiger partial charge on any atom is 0.299 e. The number of carbonyl (C=O) groups excluding carboxylic acids is 2. The first kappa shape index (κ1) is 12.9. The van der Waals surface area contributed by atoms with E-state index in [2.05, 4.69) is 25.0 Å². The topological polar surface area (TPSA) is 94.1 Å². The number of pyridine rings is 1. The Labute approximate surface area is 112 Å². The Kier molecular flexibility index (Phi) is 3.99. The average Bonchev–Trinajstić information content (AvgIpc) is 2.42. The van der Waals surface area contributed by atoms with E-state index >= 15 is 0 Å². The summed E-state index contributed by atoms with van der Waals surface area (Å²) in [7, 11) is 0. The van der Waals surface area contributed by atoms with Crippen molar-refractivity contribution in [3.8, 4) is 5.88 Å². The summed E-state index contributed by atoms with van der Waals surface area (Å²) in [6.45, 7) is 0.168. The number of anilines is 1. The van der Waals surface area contributed by atoms with Crippen LogP contribution in [0.15, 0.2) is 30.7 Å². The molecule has 0 fully saturated rings. The lowest BCUT2D eigenvalue weighted by Gasteiger charge is -2.05. The van der Waals surface area contributed by atoms with Crippen LogP contribution in [0.1, 0.15) is 10.5 Å². The fraction of sp³-hybridized carbons (Fsp3) is 0. The summed E-state index contributed by atoms with van der Waals surface area (Å²) < 4.78 is 4.56. The minimum absolute atomic E-state index is 0.119. The van der Waals surface area contributed by atoms with E-state index in [0.29, 0.717) is 5.02 Å². The number of carbonyl (C=O) groups is 2. The van der Waals surface area contributed by atoms with Gasteiger partial charge < -0.3 is 10.1 Å². The van der Waals surface area contributed by atoms with Gasteiger partial charge in [-0.25, -0.2) is 15.0 Å². The van der Waals surface area contributed by atoms with E-state index in [0.717, 1.165) is 0 Å². The van der Waals surface area contributed by atoms with Crippen LogP contribution >= 0.6 is 11.6 Å². The molecular formula is C11H7ClN4O3. The third-order valence-corrected chi connectivity index (χ3v) is 2.23. The minimum atomic E-state index is -0.597. The largest absolute Gasteiger partial charge is 0.407 e. The number of rotatable bonds is 4. The van der Waals surface area contributed by atoms with Crippen molar-refractivity contribution in [1.29, 1.82) is 0 Å². The van der Waals surface area contributed by atoms with Crippen molar-refractivity contribution in [3.05, 3.63) is 41.4 Å². The van der Waals surface area contributed by atoms with Crippen LogP contribution in [0.2, 0.25) is 5.02 Å². The third-order valence-electron chi connectivity index (χ3n) is 2.01. The van der Waals surface area contributed by atoms with E-state index < -0.39 is 5.91 Å². The number of ether oxygens (including phenoxy) is 1. The summed E-state index contributed by atoms with van der Waals surface area (Å²) in [5.41, 5.74) is -0.119. The van der Waals surface area contributed by atoms with Crippen molar-refractivity contribution < 1.29 is 14.3 Å². The standard InChI is InChI=1S/C11H7ClN4O3/c12-7-1-2-8(15-5-7)16-10(18)9-11(19-6-17)14-4-3-13-9/h1-6H,(H,15,16,18). The Balaban J connectivity index is 2.20. The smallest absolute Gasteiger partial charge is 0.299 e. The highest BCUT2D eigenvalue weighted by Crippen LogP contribution is 2.14. The summed E-state index contributed by atoms with van der Waals surface area (Å²) in [4.78, 5) is 33.6. The lowest BCUT2D eigenvalue weighted by atomic mass is 10.4. The first-order chi connectivity index (χ1) is 9.20. The fourth-order valence-electron chi connectivity index (χ4n) is 1.24. The Morgan fingerprint density at radius 1 is 1.26 bits per heavy atom.